The summed E-state index contributed by atoms with van der Waals surface area (Å²) in [5.41, 5.74) is 1.73. The summed E-state index contributed by atoms with van der Waals surface area (Å²) in [6.45, 7) is 0. The predicted octanol–water partition coefficient (Wildman–Crippen LogP) is 3.41. The molecule has 1 aromatic carbocycles. The molecule has 1 aromatic heterocycles. The molecule has 0 bridgehead atoms. The molecule has 15 heavy (non-hydrogen) atoms. The molecule has 3 heteroatoms. The molecule has 2 rings (SSSR count). The van der Waals surface area contributed by atoms with E-state index in [0.717, 1.165) is 11.3 Å². The van der Waals surface area contributed by atoms with Crippen LogP contribution in [0.1, 0.15) is 0 Å². The van der Waals surface area contributed by atoms with Crippen LogP contribution in [0.15, 0.2) is 42.5 Å². The Bertz CT molecular complexity index is 471. The average Bonchev–Trinajstić information content (AvgIpc) is 2.30. The van der Waals surface area contributed by atoms with Crippen LogP contribution in [-0.4, -0.2) is 12.1 Å². The minimum atomic E-state index is 0.590. The van der Waals surface area contributed by atoms with Gasteiger partial charge in [0.1, 0.15) is 0 Å². The second kappa shape index (κ2) is 4.32. The predicted molar refractivity (Wildman–Crippen MR) is 61.2 cm³/mol. The lowest BCUT2D eigenvalue weighted by molar-refractivity contribution is 0.398. The van der Waals surface area contributed by atoms with Gasteiger partial charge in [-0.15, -0.1) is 0 Å². The van der Waals surface area contributed by atoms with Gasteiger partial charge in [-0.05, 0) is 12.1 Å². The summed E-state index contributed by atoms with van der Waals surface area (Å²) in [6, 6.07) is 13.2. The lowest BCUT2D eigenvalue weighted by atomic mass is 10.1. The maximum absolute atomic E-state index is 6.07. The maximum Gasteiger partial charge on any atom is 0.213 e. The molecule has 2 nitrogen and oxygen atoms in total. The summed E-state index contributed by atoms with van der Waals surface area (Å²) in [6.07, 6.45) is 0. The van der Waals surface area contributed by atoms with Crippen molar-refractivity contribution in [2.24, 2.45) is 0 Å². The summed E-state index contributed by atoms with van der Waals surface area (Å²) in [5, 5.41) is 0.693. The Morgan fingerprint density at radius 2 is 1.87 bits per heavy atom. The van der Waals surface area contributed by atoms with Gasteiger partial charge >= 0.3 is 0 Å². The first-order valence-corrected chi connectivity index (χ1v) is 4.95. The molecule has 0 fully saturated rings. The fourth-order valence-electron chi connectivity index (χ4n) is 1.35. The molecule has 0 unspecified atom stereocenters. The minimum absolute atomic E-state index is 0.590. The quantitative estimate of drug-likeness (QED) is 0.772. The third-order valence-electron chi connectivity index (χ3n) is 2.08. The Hall–Kier alpha value is -1.54. The SMILES string of the molecule is COc1cccc(-c2ccccc2Cl)n1. The Morgan fingerprint density at radius 3 is 2.60 bits per heavy atom. The van der Waals surface area contributed by atoms with Gasteiger partial charge in [0.25, 0.3) is 0 Å². The van der Waals surface area contributed by atoms with Crippen molar-refractivity contribution in [1.82, 2.24) is 4.98 Å². The number of methoxy groups -OCH3 is 1. The van der Waals surface area contributed by atoms with Crippen molar-refractivity contribution in [3.8, 4) is 17.1 Å². The fourth-order valence-corrected chi connectivity index (χ4v) is 1.58. The maximum atomic E-state index is 6.07. The zero-order valence-electron chi connectivity index (χ0n) is 8.27. The van der Waals surface area contributed by atoms with Crippen molar-refractivity contribution < 1.29 is 4.74 Å². The van der Waals surface area contributed by atoms with Crippen LogP contribution in [0.5, 0.6) is 5.88 Å². The zero-order chi connectivity index (χ0) is 10.7. The highest BCUT2D eigenvalue weighted by Gasteiger charge is 2.04. The van der Waals surface area contributed by atoms with Crippen LogP contribution in [-0.2, 0) is 0 Å². The number of ether oxygens (including phenoxy) is 1. The first-order chi connectivity index (χ1) is 7.31. The van der Waals surface area contributed by atoms with Gasteiger partial charge in [-0.2, -0.15) is 0 Å². The highest BCUT2D eigenvalue weighted by atomic mass is 35.5. The van der Waals surface area contributed by atoms with Gasteiger partial charge in [0, 0.05) is 16.7 Å². The molecular weight excluding hydrogens is 210 g/mol. The molecule has 0 spiro atoms. The standard InChI is InChI=1S/C12H10ClNO/c1-15-12-8-4-7-11(14-12)9-5-2-3-6-10(9)13/h2-8H,1H3. The molecule has 0 aliphatic carbocycles. The van der Waals surface area contributed by atoms with Gasteiger partial charge < -0.3 is 4.74 Å². The summed E-state index contributed by atoms with van der Waals surface area (Å²) >= 11 is 6.07. The lowest BCUT2D eigenvalue weighted by Crippen LogP contribution is -1.89. The molecule has 0 saturated carbocycles. The van der Waals surface area contributed by atoms with Gasteiger partial charge in [-0.1, -0.05) is 35.9 Å². The van der Waals surface area contributed by atoms with E-state index in [1.807, 2.05) is 36.4 Å². The summed E-state index contributed by atoms with van der Waals surface area (Å²) in [4.78, 5) is 4.32. The number of nitrogens with zero attached hydrogens (tertiary/aromatic N) is 1. The highest BCUT2D eigenvalue weighted by molar-refractivity contribution is 6.33. The van der Waals surface area contributed by atoms with Crippen LogP contribution < -0.4 is 4.74 Å². The van der Waals surface area contributed by atoms with E-state index in [2.05, 4.69) is 4.98 Å². The summed E-state index contributed by atoms with van der Waals surface area (Å²) < 4.78 is 5.06. The minimum Gasteiger partial charge on any atom is -0.481 e. The Morgan fingerprint density at radius 1 is 1.07 bits per heavy atom. The molecule has 0 atom stereocenters. The van der Waals surface area contributed by atoms with Gasteiger partial charge in [-0.25, -0.2) is 4.98 Å². The van der Waals surface area contributed by atoms with Crippen molar-refractivity contribution in [3.05, 3.63) is 47.5 Å². The second-order valence-electron chi connectivity index (χ2n) is 3.05. The smallest absolute Gasteiger partial charge is 0.213 e. The van der Waals surface area contributed by atoms with E-state index in [0.29, 0.717) is 10.9 Å². The molecule has 1 heterocycles. The number of aromatic nitrogens is 1. The molecule has 0 amide bonds. The van der Waals surface area contributed by atoms with E-state index in [4.69, 9.17) is 16.3 Å². The number of hydrogen-bond acceptors (Lipinski definition) is 2. The number of hydrogen-bond donors (Lipinski definition) is 0. The van der Waals surface area contributed by atoms with Crippen molar-refractivity contribution >= 4 is 11.6 Å². The van der Waals surface area contributed by atoms with Crippen molar-refractivity contribution in [3.63, 3.8) is 0 Å². The number of pyridine rings is 1. The van der Waals surface area contributed by atoms with Crippen LogP contribution in [0.4, 0.5) is 0 Å². The first-order valence-electron chi connectivity index (χ1n) is 4.57. The van der Waals surface area contributed by atoms with E-state index in [-0.39, 0.29) is 0 Å². The first kappa shape index (κ1) is 9.99. The molecule has 0 radical (unpaired) electrons. The van der Waals surface area contributed by atoms with Crippen molar-refractivity contribution in [2.45, 2.75) is 0 Å². The van der Waals surface area contributed by atoms with Gasteiger partial charge in [-0.3, -0.25) is 0 Å². The van der Waals surface area contributed by atoms with E-state index in [1.54, 1.807) is 13.2 Å². The molecule has 76 valence electrons. The molecule has 0 aliphatic heterocycles. The van der Waals surface area contributed by atoms with Crippen LogP contribution in [0.2, 0.25) is 5.02 Å². The lowest BCUT2D eigenvalue weighted by Gasteiger charge is -2.04. The van der Waals surface area contributed by atoms with Crippen molar-refractivity contribution in [2.75, 3.05) is 7.11 Å². The Kier molecular flexibility index (Phi) is 2.88. The van der Waals surface area contributed by atoms with Crippen LogP contribution in [0.3, 0.4) is 0 Å². The number of benzene rings is 1. The normalized spacial score (nSPS) is 10.0. The number of halogens is 1. The highest BCUT2D eigenvalue weighted by Crippen LogP contribution is 2.26. The summed E-state index contributed by atoms with van der Waals surface area (Å²) in [7, 11) is 1.60. The van der Waals surface area contributed by atoms with E-state index in [9.17, 15) is 0 Å². The molecule has 0 N–H and O–H groups in total. The largest absolute Gasteiger partial charge is 0.481 e. The zero-order valence-corrected chi connectivity index (χ0v) is 9.03. The monoisotopic (exact) mass is 219 g/mol. The van der Waals surface area contributed by atoms with Crippen LogP contribution in [0, 0.1) is 0 Å². The average molecular weight is 220 g/mol. The number of rotatable bonds is 2. The van der Waals surface area contributed by atoms with Gasteiger partial charge in [0.15, 0.2) is 0 Å². The Labute approximate surface area is 93.5 Å². The molecule has 0 saturated heterocycles. The van der Waals surface area contributed by atoms with E-state index >= 15 is 0 Å². The topological polar surface area (TPSA) is 22.1 Å². The Balaban J connectivity index is 2.49. The second-order valence-corrected chi connectivity index (χ2v) is 3.45. The third-order valence-corrected chi connectivity index (χ3v) is 2.41. The van der Waals surface area contributed by atoms with Crippen LogP contribution >= 0.6 is 11.6 Å². The van der Waals surface area contributed by atoms with E-state index < -0.39 is 0 Å². The molecule has 2 aromatic rings. The van der Waals surface area contributed by atoms with Crippen LogP contribution in [0.25, 0.3) is 11.3 Å². The van der Waals surface area contributed by atoms with Gasteiger partial charge in [0.2, 0.25) is 5.88 Å². The van der Waals surface area contributed by atoms with Crippen molar-refractivity contribution in [1.29, 1.82) is 0 Å². The summed E-state index contributed by atoms with van der Waals surface area (Å²) in [5.74, 6) is 0.590. The fraction of sp³-hybridized carbons (Fsp3) is 0.0833. The van der Waals surface area contributed by atoms with E-state index in [1.165, 1.54) is 0 Å². The molecular formula is C12H10ClNO. The van der Waals surface area contributed by atoms with Gasteiger partial charge in [0.05, 0.1) is 12.8 Å². The molecule has 0 aliphatic rings. The third kappa shape index (κ3) is 2.10.